The summed E-state index contributed by atoms with van der Waals surface area (Å²) in [7, 11) is 1.92. The van der Waals surface area contributed by atoms with Crippen molar-refractivity contribution in [3.63, 3.8) is 0 Å². The molecule has 3 rings (SSSR count). The van der Waals surface area contributed by atoms with Crippen molar-refractivity contribution in [2.45, 2.75) is 13.8 Å². The molecule has 6 heteroatoms. The van der Waals surface area contributed by atoms with Crippen LogP contribution in [-0.4, -0.2) is 15.4 Å². The maximum atomic E-state index is 4.44. The van der Waals surface area contributed by atoms with Crippen molar-refractivity contribution in [1.29, 1.82) is 0 Å². The molecule has 0 aliphatic rings. The first-order valence-corrected chi connectivity index (χ1v) is 7.33. The molecule has 0 atom stereocenters. The van der Waals surface area contributed by atoms with E-state index >= 15 is 0 Å². The summed E-state index contributed by atoms with van der Waals surface area (Å²) in [6.45, 7) is 3.83. The molecular weight excluding hydrogens is 288 g/mol. The predicted molar refractivity (Wildman–Crippen MR) is 93.1 cm³/mol. The molecule has 1 N–H and O–H groups in total. The molecule has 0 amide bonds. The van der Waals surface area contributed by atoms with Gasteiger partial charge in [0.25, 0.3) is 0 Å². The van der Waals surface area contributed by atoms with E-state index in [1.54, 1.807) is 6.92 Å². The number of aromatic nitrogens is 2. The Morgan fingerprint density at radius 3 is 2.57 bits per heavy atom. The van der Waals surface area contributed by atoms with Gasteiger partial charge >= 0.3 is 0 Å². The van der Waals surface area contributed by atoms with Crippen molar-refractivity contribution in [2.24, 2.45) is 22.4 Å². The highest BCUT2D eigenvalue weighted by Gasteiger charge is 2.05. The normalized spacial score (nSPS) is 12.2. The van der Waals surface area contributed by atoms with Gasteiger partial charge in [-0.1, -0.05) is 29.8 Å². The molecule has 3 aromatic rings. The van der Waals surface area contributed by atoms with Gasteiger partial charge in [0, 0.05) is 7.05 Å². The maximum absolute atomic E-state index is 4.44. The van der Waals surface area contributed by atoms with Gasteiger partial charge in [0.1, 0.15) is 0 Å². The van der Waals surface area contributed by atoms with Crippen molar-refractivity contribution in [2.75, 3.05) is 5.43 Å². The maximum Gasteiger partial charge on any atom is 0.250 e. The smallest absolute Gasteiger partial charge is 0.250 e. The van der Waals surface area contributed by atoms with Crippen molar-refractivity contribution >= 4 is 28.5 Å². The minimum absolute atomic E-state index is 0.526. The van der Waals surface area contributed by atoms with Gasteiger partial charge in [-0.25, -0.2) is 4.98 Å². The number of nitrogens with one attached hydrogen (secondary N) is 1. The van der Waals surface area contributed by atoms with E-state index in [-0.39, 0.29) is 0 Å². The summed E-state index contributed by atoms with van der Waals surface area (Å²) in [5.41, 5.74) is 6.99. The van der Waals surface area contributed by atoms with Crippen LogP contribution in [0.2, 0.25) is 0 Å². The fourth-order valence-corrected chi connectivity index (χ4v) is 2.14. The Balaban J connectivity index is 1.74. The van der Waals surface area contributed by atoms with Gasteiger partial charge in [0.2, 0.25) is 5.95 Å². The van der Waals surface area contributed by atoms with Gasteiger partial charge < -0.3 is 4.57 Å². The standard InChI is InChI=1S/C17H18N6/c1-12-8-10-14(11-9-12)21-19-13(2)20-22-17-18-15-6-4-5-7-16(15)23(17)3/h4-11,21H,1-3H3. The SMILES string of the molecule is CC(N=Nc1nc2ccccc2n1C)=NNc1ccc(C)cc1. The van der Waals surface area contributed by atoms with Crippen LogP contribution in [0.15, 0.2) is 63.9 Å². The van der Waals surface area contributed by atoms with Gasteiger partial charge in [-0.2, -0.15) is 5.10 Å². The van der Waals surface area contributed by atoms with E-state index in [1.165, 1.54) is 5.56 Å². The molecule has 0 fully saturated rings. The first-order chi connectivity index (χ1) is 11.1. The largest absolute Gasteiger partial charge is 0.310 e. The summed E-state index contributed by atoms with van der Waals surface area (Å²) < 4.78 is 1.90. The Bertz CT molecular complexity index is 874. The zero-order valence-electron chi connectivity index (χ0n) is 13.4. The van der Waals surface area contributed by atoms with Crippen LogP contribution in [0.1, 0.15) is 12.5 Å². The zero-order chi connectivity index (χ0) is 16.2. The molecule has 0 aliphatic carbocycles. The first kappa shape index (κ1) is 14.9. The van der Waals surface area contributed by atoms with E-state index < -0.39 is 0 Å². The predicted octanol–water partition coefficient (Wildman–Crippen LogP) is 4.41. The molecule has 0 unspecified atom stereocenters. The third-order valence-electron chi connectivity index (χ3n) is 3.45. The van der Waals surface area contributed by atoms with Crippen LogP contribution < -0.4 is 5.43 Å². The summed E-state index contributed by atoms with van der Waals surface area (Å²) >= 11 is 0. The Labute approximate surface area is 134 Å². The first-order valence-electron chi connectivity index (χ1n) is 7.33. The van der Waals surface area contributed by atoms with Crippen LogP contribution in [0.25, 0.3) is 11.0 Å². The lowest BCUT2D eigenvalue weighted by atomic mass is 10.2. The number of amidine groups is 1. The molecule has 1 aromatic heterocycles. The number of nitrogens with zero attached hydrogens (tertiary/aromatic N) is 5. The van der Waals surface area contributed by atoms with Gasteiger partial charge in [0.05, 0.1) is 16.7 Å². The second-order valence-corrected chi connectivity index (χ2v) is 5.30. The Hall–Kier alpha value is -3.02. The lowest BCUT2D eigenvalue weighted by molar-refractivity contribution is 0.923. The van der Waals surface area contributed by atoms with E-state index in [9.17, 15) is 0 Å². The van der Waals surface area contributed by atoms with Crippen LogP contribution in [0.4, 0.5) is 11.6 Å². The van der Waals surface area contributed by atoms with Gasteiger partial charge in [0.15, 0.2) is 5.84 Å². The van der Waals surface area contributed by atoms with Crippen LogP contribution >= 0.6 is 0 Å². The second kappa shape index (κ2) is 6.39. The number of anilines is 1. The summed E-state index contributed by atoms with van der Waals surface area (Å²) in [4.78, 5) is 4.44. The number of rotatable bonds is 3. The molecule has 0 aliphatic heterocycles. The molecule has 0 bridgehead atoms. The third kappa shape index (κ3) is 3.42. The zero-order valence-corrected chi connectivity index (χ0v) is 13.4. The highest BCUT2D eigenvalue weighted by molar-refractivity contribution is 5.81. The number of hydrogen-bond acceptors (Lipinski definition) is 4. The fraction of sp³-hybridized carbons (Fsp3) is 0.176. The molecule has 0 radical (unpaired) electrons. The van der Waals surface area contributed by atoms with Gasteiger partial charge in [-0.15, -0.1) is 10.2 Å². The molecule has 6 nitrogen and oxygen atoms in total. The van der Waals surface area contributed by atoms with Crippen molar-refractivity contribution in [1.82, 2.24) is 9.55 Å². The number of fused-ring (bicyclic) bond motifs is 1. The van der Waals surface area contributed by atoms with Crippen molar-refractivity contribution in [3.05, 3.63) is 54.1 Å². The minimum atomic E-state index is 0.526. The Morgan fingerprint density at radius 1 is 1.09 bits per heavy atom. The fourth-order valence-electron chi connectivity index (χ4n) is 2.14. The Kier molecular flexibility index (Phi) is 4.14. The number of hydrogen-bond donors (Lipinski definition) is 1. The van der Waals surface area contributed by atoms with Crippen LogP contribution in [0, 0.1) is 6.92 Å². The van der Waals surface area contributed by atoms with Crippen LogP contribution in [0.3, 0.4) is 0 Å². The van der Waals surface area contributed by atoms with Crippen molar-refractivity contribution in [3.8, 4) is 0 Å². The lowest BCUT2D eigenvalue weighted by Gasteiger charge is -2.00. The van der Waals surface area contributed by atoms with E-state index in [0.717, 1.165) is 16.7 Å². The van der Waals surface area contributed by atoms with Gasteiger partial charge in [-0.3, -0.25) is 5.43 Å². The quantitative estimate of drug-likeness (QED) is 0.337. The summed E-state index contributed by atoms with van der Waals surface area (Å²) in [5.74, 6) is 1.08. The number of para-hydroxylation sites is 2. The monoisotopic (exact) mass is 306 g/mol. The molecule has 0 saturated heterocycles. The average molecular weight is 306 g/mol. The number of hydrazone groups is 1. The van der Waals surface area contributed by atoms with Gasteiger partial charge in [-0.05, 0) is 38.1 Å². The number of benzene rings is 2. The summed E-state index contributed by atoms with van der Waals surface area (Å²) in [6.07, 6.45) is 0. The number of imidazole rings is 1. The molecule has 116 valence electrons. The second-order valence-electron chi connectivity index (χ2n) is 5.30. The summed E-state index contributed by atoms with van der Waals surface area (Å²) in [6, 6.07) is 15.9. The molecule has 1 heterocycles. The van der Waals surface area contributed by atoms with Crippen LogP contribution in [-0.2, 0) is 7.05 Å². The highest BCUT2D eigenvalue weighted by Crippen LogP contribution is 2.19. The molecule has 0 spiro atoms. The average Bonchev–Trinajstić information content (AvgIpc) is 2.89. The lowest BCUT2D eigenvalue weighted by Crippen LogP contribution is -1.94. The molecule has 2 aromatic carbocycles. The highest BCUT2D eigenvalue weighted by atomic mass is 15.3. The van der Waals surface area contributed by atoms with Crippen LogP contribution in [0.5, 0.6) is 0 Å². The molecular formula is C17H18N6. The molecule has 0 saturated carbocycles. The van der Waals surface area contributed by atoms with E-state index in [0.29, 0.717) is 11.8 Å². The third-order valence-corrected chi connectivity index (χ3v) is 3.45. The molecule has 23 heavy (non-hydrogen) atoms. The van der Waals surface area contributed by atoms with E-state index in [1.807, 2.05) is 67.1 Å². The number of azo groups is 1. The van der Waals surface area contributed by atoms with Crippen molar-refractivity contribution < 1.29 is 0 Å². The minimum Gasteiger partial charge on any atom is -0.310 e. The van der Waals surface area contributed by atoms with E-state index in [2.05, 4.69) is 25.7 Å². The summed E-state index contributed by atoms with van der Waals surface area (Å²) in [5, 5.41) is 12.5. The van der Waals surface area contributed by atoms with E-state index in [4.69, 9.17) is 0 Å². The topological polar surface area (TPSA) is 66.9 Å². The number of aryl methyl sites for hydroxylation is 2. The Morgan fingerprint density at radius 2 is 1.83 bits per heavy atom.